The molecule has 1 N–H and O–H groups in total. The highest BCUT2D eigenvalue weighted by molar-refractivity contribution is 5.47. The predicted octanol–water partition coefficient (Wildman–Crippen LogP) is 2.66. The van der Waals surface area contributed by atoms with Crippen molar-refractivity contribution in [1.29, 1.82) is 0 Å². The van der Waals surface area contributed by atoms with Crippen LogP contribution in [0.25, 0.3) is 0 Å². The van der Waals surface area contributed by atoms with Crippen LogP contribution >= 0.6 is 0 Å². The molecule has 0 bridgehead atoms. The highest BCUT2D eigenvalue weighted by atomic mass is 16.5. The summed E-state index contributed by atoms with van der Waals surface area (Å²) in [5, 5.41) is 3.56. The van der Waals surface area contributed by atoms with Crippen LogP contribution in [0.4, 0.5) is 5.69 Å². The molecule has 0 aliphatic carbocycles. The smallest absolute Gasteiger partial charge is 0.0642 e. The van der Waals surface area contributed by atoms with Crippen molar-refractivity contribution in [2.24, 2.45) is 5.92 Å². The van der Waals surface area contributed by atoms with Crippen LogP contribution in [0.1, 0.15) is 26.3 Å². The first-order chi connectivity index (χ1) is 9.16. The van der Waals surface area contributed by atoms with E-state index in [4.69, 9.17) is 4.74 Å². The van der Waals surface area contributed by atoms with E-state index < -0.39 is 0 Å². The van der Waals surface area contributed by atoms with E-state index in [0.717, 1.165) is 32.8 Å². The van der Waals surface area contributed by atoms with Gasteiger partial charge in [-0.1, -0.05) is 26.0 Å². The largest absolute Gasteiger partial charge is 0.378 e. The number of nitrogens with zero attached hydrogens (tertiary/aromatic N) is 1. The molecule has 0 saturated carbocycles. The monoisotopic (exact) mass is 262 g/mol. The van der Waals surface area contributed by atoms with Crippen LogP contribution in [0.3, 0.4) is 0 Å². The summed E-state index contributed by atoms with van der Waals surface area (Å²) < 4.78 is 5.38. The number of hydrogen-bond acceptors (Lipinski definition) is 3. The van der Waals surface area contributed by atoms with E-state index in [0.29, 0.717) is 12.0 Å². The lowest BCUT2D eigenvalue weighted by Gasteiger charge is -2.29. The molecule has 1 saturated heterocycles. The summed E-state index contributed by atoms with van der Waals surface area (Å²) in [6.07, 6.45) is 0. The molecule has 1 aromatic carbocycles. The molecule has 19 heavy (non-hydrogen) atoms. The molecule has 0 radical (unpaired) electrons. The van der Waals surface area contributed by atoms with E-state index in [9.17, 15) is 0 Å². The lowest BCUT2D eigenvalue weighted by Crippen LogP contribution is -2.36. The first-order valence-corrected chi connectivity index (χ1v) is 7.32. The average Bonchev–Trinajstić information content (AvgIpc) is 2.46. The first kappa shape index (κ1) is 14.4. The Labute approximate surface area is 116 Å². The quantitative estimate of drug-likeness (QED) is 0.883. The summed E-state index contributed by atoms with van der Waals surface area (Å²) in [5.74, 6) is 0.674. The van der Waals surface area contributed by atoms with Crippen LogP contribution in [0.5, 0.6) is 0 Å². The third-order valence-electron chi connectivity index (χ3n) is 3.94. The van der Waals surface area contributed by atoms with Gasteiger partial charge in [0.05, 0.1) is 13.2 Å². The zero-order chi connectivity index (χ0) is 13.7. The number of hydrogen-bond donors (Lipinski definition) is 1. The van der Waals surface area contributed by atoms with Crippen LogP contribution in [0.2, 0.25) is 0 Å². The van der Waals surface area contributed by atoms with Gasteiger partial charge in [0.25, 0.3) is 0 Å². The maximum atomic E-state index is 5.38. The van der Waals surface area contributed by atoms with Gasteiger partial charge in [0.2, 0.25) is 0 Å². The van der Waals surface area contributed by atoms with Crippen molar-refractivity contribution >= 4 is 5.69 Å². The topological polar surface area (TPSA) is 24.5 Å². The number of rotatable bonds is 5. The number of anilines is 1. The van der Waals surface area contributed by atoms with Crippen LogP contribution in [-0.2, 0) is 11.3 Å². The highest BCUT2D eigenvalue weighted by Gasteiger charge is 2.11. The highest BCUT2D eigenvalue weighted by Crippen LogP contribution is 2.16. The maximum absolute atomic E-state index is 5.38. The van der Waals surface area contributed by atoms with Crippen molar-refractivity contribution in [3.05, 3.63) is 29.8 Å². The van der Waals surface area contributed by atoms with Gasteiger partial charge in [0, 0.05) is 31.4 Å². The standard InChI is InChI=1S/C16H26N2O/c1-13(2)14(3)17-12-15-4-6-16(7-5-15)18-8-10-19-11-9-18/h4-7,13-14,17H,8-12H2,1-3H3. The van der Waals surface area contributed by atoms with E-state index in [2.05, 4.69) is 55.3 Å². The number of benzene rings is 1. The Bertz CT molecular complexity index is 369. The van der Waals surface area contributed by atoms with Crippen molar-refractivity contribution in [2.45, 2.75) is 33.4 Å². The van der Waals surface area contributed by atoms with E-state index >= 15 is 0 Å². The van der Waals surface area contributed by atoms with Gasteiger partial charge in [-0.3, -0.25) is 0 Å². The van der Waals surface area contributed by atoms with Crippen molar-refractivity contribution in [1.82, 2.24) is 5.32 Å². The molecule has 1 aromatic rings. The van der Waals surface area contributed by atoms with Crippen molar-refractivity contribution in [2.75, 3.05) is 31.2 Å². The van der Waals surface area contributed by atoms with E-state index in [1.54, 1.807) is 0 Å². The molecule has 3 heteroatoms. The minimum absolute atomic E-state index is 0.555. The SMILES string of the molecule is CC(C)C(C)NCc1ccc(N2CCOCC2)cc1. The van der Waals surface area contributed by atoms with Crippen LogP contribution in [0.15, 0.2) is 24.3 Å². The Morgan fingerprint density at radius 2 is 1.74 bits per heavy atom. The van der Waals surface area contributed by atoms with Gasteiger partial charge in [0.1, 0.15) is 0 Å². The van der Waals surface area contributed by atoms with Gasteiger partial charge >= 0.3 is 0 Å². The minimum atomic E-state index is 0.555. The molecular formula is C16H26N2O. The fraction of sp³-hybridized carbons (Fsp3) is 0.625. The summed E-state index contributed by atoms with van der Waals surface area (Å²) in [7, 11) is 0. The zero-order valence-electron chi connectivity index (χ0n) is 12.4. The molecule has 1 unspecified atom stereocenters. The molecular weight excluding hydrogens is 236 g/mol. The Balaban J connectivity index is 1.87. The third kappa shape index (κ3) is 4.22. The molecule has 106 valence electrons. The Morgan fingerprint density at radius 3 is 2.32 bits per heavy atom. The summed E-state index contributed by atoms with van der Waals surface area (Å²) in [6, 6.07) is 9.46. The lowest BCUT2D eigenvalue weighted by molar-refractivity contribution is 0.122. The van der Waals surface area contributed by atoms with Crippen LogP contribution in [-0.4, -0.2) is 32.3 Å². The van der Waals surface area contributed by atoms with Crippen LogP contribution < -0.4 is 10.2 Å². The number of morpholine rings is 1. The minimum Gasteiger partial charge on any atom is -0.378 e. The van der Waals surface area contributed by atoms with Crippen LogP contribution in [0, 0.1) is 5.92 Å². The number of ether oxygens (including phenoxy) is 1. The van der Waals surface area contributed by atoms with E-state index in [-0.39, 0.29) is 0 Å². The Kier molecular flexibility index (Phi) is 5.23. The summed E-state index contributed by atoms with van der Waals surface area (Å²) in [6.45, 7) is 11.4. The van der Waals surface area contributed by atoms with Gasteiger partial charge in [-0.2, -0.15) is 0 Å². The molecule has 1 atom stereocenters. The third-order valence-corrected chi connectivity index (χ3v) is 3.94. The normalized spacial score (nSPS) is 17.8. The predicted molar refractivity (Wildman–Crippen MR) is 80.6 cm³/mol. The van der Waals surface area contributed by atoms with E-state index in [1.807, 2.05) is 0 Å². The van der Waals surface area contributed by atoms with Crippen molar-refractivity contribution in [3.8, 4) is 0 Å². The Morgan fingerprint density at radius 1 is 1.11 bits per heavy atom. The van der Waals surface area contributed by atoms with Gasteiger partial charge in [0.15, 0.2) is 0 Å². The first-order valence-electron chi connectivity index (χ1n) is 7.32. The van der Waals surface area contributed by atoms with E-state index in [1.165, 1.54) is 11.3 Å². The lowest BCUT2D eigenvalue weighted by atomic mass is 10.1. The molecule has 1 fully saturated rings. The summed E-state index contributed by atoms with van der Waals surface area (Å²) in [4.78, 5) is 2.39. The second kappa shape index (κ2) is 6.92. The molecule has 1 aliphatic heterocycles. The maximum Gasteiger partial charge on any atom is 0.0642 e. The van der Waals surface area contributed by atoms with Gasteiger partial charge in [-0.05, 0) is 30.5 Å². The molecule has 3 nitrogen and oxygen atoms in total. The Hall–Kier alpha value is -1.06. The zero-order valence-corrected chi connectivity index (χ0v) is 12.4. The summed E-state index contributed by atoms with van der Waals surface area (Å²) in [5.41, 5.74) is 2.66. The van der Waals surface area contributed by atoms with Gasteiger partial charge in [-0.15, -0.1) is 0 Å². The van der Waals surface area contributed by atoms with Gasteiger partial charge < -0.3 is 15.0 Å². The van der Waals surface area contributed by atoms with Gasteiger partial charge in [-0.25, -0.2) is 0 Å². The second-order valence-corrected chi connectivity index (χ2v) is 5.68. The van der Waals surface area contributed by atoms with Crippen molar-refractivity contribution in [3.63, 3.8) is 0 Å². The molecule has 1 aliphatic rings. The van der Waals surface area contributed by atoms with Crippen molar-refractivity contribution < 1.29 is 4.74 Å². The molecule has 0 amide bonds. The molecule has 1 heterocycles. The fourth-order valence-electron chi connectivity index (χ4n) is 2.16. The molecule has 0 aromatic heterocycles. The molecule has 2 rings (SSSR count). The number of nitrogens with one attached hydrogen (secondary N) is 1. The molecule has 0 spiro atoms. The summed E-state index contributed by atoms with van der Waals surface area (Å²) >= 11 is 0. The fourth-order valence-corrected chi connectivity index (χ4v) is 2.16. The average molecular weight is 262 g/mol. The second-order valence-electron chi connectivity index (χ2n) is 5.68.